The van der Waals surface area contributed by atoms with Crippen molar-refractivity contribution in [1.29, 1.82) is 0 Å². The highest BCUT2D eigenvalue weighted by atomic mass is 32.2. The largest absolute Gasteiger partial charge is 0.416 e. The molecule has 0 saturated heterocycles. The summed E-state index contributed by atoms with van der Waals surface area (Å²) in [6.07, 6.45) is -4.55. The summed E-state index contributed by atoms with van der Waals surface area (Å²) >= 11 is 0. The van der Waals surface area contributed by atoms with Gasteiger partial charge in [-0.2, -0.15) is 13.2 Å². The summed E-state index contributed by atoms with van der Waals surface area (Å²) in [4.78, 5) is -0.312. The second kappa shape index (κ2) is 5.15. The molecule has 102 valence electrons. The molecule has 4 nitrogen and oxygen atoms in total. The summed E-state index contributed by atoms with van der Waals surface area (Å²) < 4.78 is 65.2. The van der Waals surface area contributed by atoms with Gasteiger partial charge in [-0.05, 0) is 18.2 Å². The first-order chi connectivity index (χ1) is 8.18. The van der Waals surface area contributed by atoms with Gasteiger partial charge in [-0.25, -0.2) is 8.42 Å². The molecule has 0 bridgehead atoms. The molecule has 0 amide bonds. The van der Waals surface area contributed by atoms with Crippen molar-refractivity contribution in [1.82, 2.24) is 0 Å². The first-order valence-corrected chi connectivity index (χ1v) is 6.52. The van der Waals surface area contributed by atoms with Gasteiger partial charge in [-0.15, -0.1) is 0 Å². The van der Waals surface area contributed by atoms with E-state index < -0.39 is 27.3 Å². The predicted molar refractivity (Wildman–Crippen MR) is 59.8 cm³/mol. The molecule has 0 aliphatic rings. The van der Waals surface area contributed by atoms with Gasteiger partial charge in [0.2, 0.25) is 0 Å². The SMILES string of the molecule is COCCS(=O)(=O)c1ccc(C(F)(F)F)cc1N. The molecule has 0 aromatic heterocycles. The Hall–Kier alpha value is -1.28. The van der Waals surface area contributed by atoms with E-state index in [-0.39, 0.29) is 17.3 Å². The topological polar surface area (TPSA) is 69.4 Å². The molecule has 0 saturated carbocycles. The van der Waals surface area contributed by atoms with E-state index in [2.05, 4.69) is 4.74 Å². The number of hydrogen-bond acceptors (Lipinski definition) is 4. The minimum Gasteiger partial charge on any atom is -0.398 e. The molecule has 8 heteroatoms. The van der Waals surface area contributed by atoms with Crippen LogP contribution in [0.4, 0.5) is 18.9 Å². The Labute approximate surface area is 102 Å². The zero-order valence-electron chi connectivity index (χ0n) is 9.49. The number of anilines is 1. The molecule has 0 aliphatic carbocycles. The van der Waals surface area contributed by atoms with Crippen molar-refractivity contribution in [2.45, 2.75) is 11.1 Å². The minimum atomic E-state index is -4.55. The first-order valence-electron chi connectivity index (χ1n) is 4.87. The van der Waals surface area contributed by atoms with E-state index in [4.69, 9.17) is 5.73 Å². The van der Waals surface area contributed by atoms with Crippen LogP contribution in [0.2, 0.25) is 0 Å². The normalized spacial score (nSPS) is 12.7. The van der Waals surface area contributed by atoms with E-state index in [1.165, 1.54) is 7.11 Å². The van der Waals surface area contributed by atoms with E-state index in [0.717, 1.165) is 6.07 Å². The second-order valence-electron chi connectivity index (χ2n) is 3.56. The van der Waals surface area contributed by atoms with Crippen molar-refractivity contribution in [2.24, 2.45) is 0 Å². The first kappa shape index (κ1) is 14.8. The molecular formula is C10H12F3NO3S. The third-order valence-corrected chi connectivity index (χ3v) is 3.97. The molecule has 0 fully saturated rings. The van der Waals surface area contributed by atoms with Gasteiger partial charge in [-0.1, -0.05) is 0 Å². The van der Waals surface area contributed by atoms with Crippen LogP contribution in [0.1, 0.15) is 5.56 Å². The Morgan fingerprint density at radius 2 is 1.94 bits per heavy atom. The van der Waals surface area contributed by atoms with Crippen LogP contribution in [0.3, 0.4) is 0 Å². The van der Waals surface area contributed by atoms with E-state index in [0.29, 0.717) is 12.1 Å². The van der Waals surface area contributed by atoms with Gasteiger partial charge in [0.1, 0.15) is 0 Å². The maximum atomic E-state index is 12.4. The van der Waals surface area contributed by atoms with Crippen molar-refractivity contribution in [3.05, 3.63) is 23.8 Å². The molecule has 2 N–H and O–H groups in total. The zero-order valence-corrected chi connectivity index (χ0v) is 10.3. The van der Waals surface area contributed by atoms with Gasteiger partial charge in [-0.3, -0.25) is 0 Å². The summed E-state index contributed by atoms with van der Waals surface area (Å²) in [6.45, 7) is -0.0528. The lowest BCUT2D eigenvalue weighted by Gasteiger charge is -2.11. The maximum absolute atomic E-state index is 12.4. The van der Waals surface area contributed by atoms with E-state index in [9.17, 15) is 21.6 Å². The van der Waals surface area contributed by atoms with Gasteiger partial charge in [0, 0.05) is 7.11 Å². The number of ether oxygens (including phenoxy) is 1. The summed E-state index contributed by atoms with van der Waals surface area (Å²) in [6, 6.07) is 2.17. The number of sulfone groups is 1. The number of alkyl halides is 3. The lowest BCUT2D eigenvalue weighted by Crippen LogP contribution is -2.14. The fourth-order valence-electron chi connectivity index (χ4n) is 1.31. The average molecular weight is 283 g/mol. The molecule has 0 spiro atoms. The van der Waals surface area contributed by atoms with Crippen LogP contribution >= 0.6 is 0 Å². The van der Waals surface area contributed by atoms with Crippen molar-refractivity contribution >= 4 is 15.5 Å². The minimum absolute atomic E-state index is 0.0528. The number of nitrogens with two attached hydrogens (primary N) is 1. The number of methoxy groups -OCH3 is 1. The quantitative estimate of drug-likeness (QED) is 0.854. The van der Waals surface area contributed by atoms with E-state index in [1.54, 1.807) is 0 Å². The monoisotopic (exact) mass is 283 g/mol. The summed E-state index contributed by atoms with van der Waals surface area (Å²) in [5, 5.41) is 0. The highest BCUT2D eigenvalue weighted by Gasteiger charge is 2.31. The lowest BCUT2D eigenvalue weighted by atomic mass is 10.2. The van der Waals surface area contributed by atoms with Crippen LogP contribution in [-0.2, 0) is 20.8 Å². The van der Waals surface area contributed by atoms with Crippen LogP contribution in [0.15, 0.2) is 23.1 Å². The molecule has 0 heterocycles. The Bertz CT molecular complexity index is 526. The molecule has 0 aliphatic heterocycles. The number of hydrogen-bond donors (Lipinski definition) is 1. The van der Waals surface area contributed by atoms with Gasteiger partial charge in [0.15, 0.2) is 9.84 Å². The fourth-order valence-corrected chi connectivity index (χ4v) is 2.61. The summed E-state index contributed by atoms with van der Waals surface area (Å²) in [5.41, 5.74) is 3.96. The third-order valence-electron chi connectivity index (χ3n) is 2.23. The van der Waals surface area contributed by atoms with Crippen LogP contribution in [-0.4, -0.2) is 27.9 Å². The van der Waals surface area contributed by atoms with Crippen LogP contribution < -0.4 is 5.73 Å². The van der Waals surface area contributed by atoms with Crippen LogP contribution in [0, 0.1) is 0 Å². The molecule has 18 heavy (non-hydrogen) atoms. The maximum Gasteiger partial charge on any atom is 0.416 e. The number of benzene rings is 1. The fraction of sp³-hybridized carbons (Fsp3) is 0.400. The third kappa shape index (κ3) is 3.36. The van der Waals surface area contributed by atoms with Gasteiger partial charge in [0.05, 0.1) is 28.5 Å². The van der Waals surface area contributed by atoms with Crippen molar-refractivity contribution < 1.29 is 26.3 Å². The lowest BCUT2D eigenvalue weighted by molar-refractivity contribution is -0.137. The molecule has 1 rings (SSSR count). The molecule has 0 atom stereocenters. The number of rotatable bonds is 4. The smallest absolute Gasteiger partial charge is 0.398 e. The van der Waals surface area contributed by atoms with Crippen molar-refractivity contribution in [3.8, 4) is 0 Å². The second-order valence-corrected chi connectivity index (χ2v) is 5.64. The van der Waals surface area contributed by atoms with Crippen molar-refractivity contribution in [3.63, 3.8) is 0 Å². The Kier molecular flexibility index (Phi) is 4.23. The van der Waals surface area contributed by atoms with Crippen LogP contribution in [0.5, 0.6) is 0 Å². The zero-order chi connectivity index (χ0) is 14.0. The number of nitrogen functional groups attached to an aromatic ring is 1. The highest BCUT2D eigenvalue weighted by Crippen LogP contribution is 2.32. The van der Waals surface area contributed by atoms with Gasteiger partial charge >= 0.3 is 6.18 Å². The van der Waals surface area contributed by atoms with Gasteiger partial charge < -0.3 is 10.5 Å². The Balaban J connectivity index is 3.14. The van der Waals surface area contributed by atoms with E-state index in [1.807, 2.05) is 0 Å². The van der Waals surface area contributed by atoms with Crippen molar-refractivity contribution in [2.75, 3.05) is 25.2 Å². The predicted octanol–water partition coefficient (Wildman–Crippen LogP) is 1.71. The average Bonchev–Trinajstić information content (AvgIpc) is 2.24. The summed E-state index contributed by atoms with van der Waals surface area (Å²) in [5.74, 6) is -0.334. The Morgan fingerprint density at radius 1 is 1.33 bits per heavy atom. The molecule has 0 unspecified atom stereocenters. The highest BCUT2D eigenvalue weighted by molar-refractivity contribution is 7.91. The summed E-state index contributed by atoms with van der Waals surface area (Å²) in [7, 11) is -2.41. The molecular weight excluding hydrogens is 271 g/mol. The van der Waals surface area contributed by atoms with Gasteiger partial charge in [0.25, 0.3) is 0 Å². The molecule has 0 radical (unpaired) electrons. The number of halogens is 3. The molecule has 1 aromatic rings. The standard InChI is InChI=1S/C10H12F3NO3S/c1-17-4-5-18(15,16)9-3-2-7(6-8(9)14)10(11,12)13/h2-3,6H,4-5,14H2,1H3. The van der Waals surface area contributed by atoms with E-state index >= 15 is 0 Å². The van der Waals surface area contributed by atoms with Crippen LogP contribution in [0.25, 0.3) is 0 Å². The Morgan fingerprint density at radius 3 is 2.39 bits per heavy atom. The molecule has 1 aromatic carbocycles.